The third-order valence-corrected chi connectivity index (χ3v) is 3.00. The van der Waals surface area contributed by atoms with Crippen molar-refractivity contribution < 1.29 is 4.79 Å². The van der Waals surface area contributed by atoms with E-state index in [4.69, 9.17) is 0 Å². The average molecular weight is 299 g/mol. The van der Waals surface area contributed by atoms with Crippen LogP contribution in [-0.4, -0.2) is 31.4 Å². The molecule has 0 saturated heterocycles. The van der Waals surface area contributed by atoms with E-state index >= 15 is 0 Å². The zero-order valence-electron chi connectivity index (χ0n) is 10.5. The van der Waals surface area contributed by atoms with Gasteiger partial charge in [-0.1, -0.05) is 22.0 Å². The molecule has 1 rings (SSSR count). The lowest BCUT2D eigenvalue weighted by atomic mass is 10.1. The van der Waals surface area contributed by atoms with E-state index in [1.807, 2.05) is 50.2 Å². The quantitative estimate of drug-likeness (QED) is 0.848. The summed E-state index contributed by atoms with van der Waals surface area (Å²) in [6.07, 6.45) is 0.930. The number of carbonyl (C=O) groups excluding carboxylic acids is 1. The SMILES string of the molecule is CC(CCBr)NC(=O)c1cccc(N(C)C)c1. The van der Waals surface area contributed by atoms with E-state index in [1.165, 1.54) is 0 Å². The number of anilines is 1. The average Bonchev–Trinajstić information content (AvgIpc) is 2.29. The van der Waals surface area contributed by atoms with Crippen LogP contribution in [0.3, 0.4) is 0 Å². The molecule has 4 heteroatoms. The van der Waals surface area contributed by atoms with Crippen molar-refractivity contribution in [2.75, 3.05) is 24.3 Å². The first-order valence-corrected chi connectivity index (χ1v) is 6.81. The summed E-state index contributed by atoms with van der Waals surface area (Å²) >= 11 is 3.37. The predicted molar refractivity (Wildman–Crippen MR) is 76.1 cm³/mol. The number of rotatable bonds is 5. The number of benzene rings is 1. The summed E-state index contributed by atoms with van der Waals surface area (Å²) in [5.74, 6) is -0.0119. The fourth-order valence-electron chi connectivity index (χ4n) is 1.47. The van der Waals surface area contributed by atoms with Gasteiger partial charge in [-0.3, -0.25) is 4.79 Å². The molecular weight excluding hydrogens is 280 g/mol. The summed E-state index contributed by atoms with van der Waals surface area (Å²) in [6.45, 7) is 2.01. The number of nitrogens with one attached hydrogen (secondary N) is 1. The summed E-state index contributed by atoms with van der Waals surface area (Å²) in [4.78, 5) is 13.9. The molecule has 0 heterocycles. The standard InChI is InChI=1S/C13H19BrN2O/c1-10(7-8-14)15-13(17)11-5-4-6-12(9-11)16(2)3/h4-6,9-10H,7-8H2,1-3H3,(H,15,17). The number of halogens is 1. The Morgan fingerprint density at radius 3 is 2.76 bits per heavy atom. The lowest BCUT2D eigenvalue weighted by molar-refractivity contribution is 0.0939. The molecule has 0 aliphatic heterocycles. The molecule has 0 saturated carbocycles. The zero-order valence-corrected chi connectivity index (χ0v) is 12.1. The van der Waals surface area contributed by atoms with E-state index in [1.54, 1.807) is 0 Å². The van der Waals surface area contributed by atoms with E-state index in [0.717, 1.165) is 17.4 Å². The zero-order chi connectivity index (χ0) is 12.8. The van der Waals surface area contributed by atoms with Crippen molar-refractivity contribution in [1.82, 2.24) is 5.32 Å². The van der Waals surface area contributed by atoms with E-state index < -0.39 is 0 Å². The Morgan fingerprint density at radius 2 is 2.18 bits per heavy atom. The van der Waals surface area contributed by atoms with E-state index in [0.29, 0.717) is 5.56 Å². The van der Waals surface area contributed by atoms with Crippen LogP contribution in [0.4, 0.5) is 5.69 Å². The predicted octanol–water partition coefficient (Wildman–Crippen LogP) is 2.66. The summed E-state index contributed by atoms with van der Waals surface area (Å²) in [7, 11) is 3.93. The van der Waals surface area contributed by atoms with E-state index in [9.17, 15) is 4.79 Å². The molecule has 0 aliphatic rings. The Bertz CT molecular complexity index is 379. The molecule has 1 aromatic rings. The Morgan fingerprint density at radius 1 is 1.47 bits per heavy atom. The highest BCUT2D eigenvalue weighted by Crippen LogP contribution is 2.13. The van der Waals surface area contributed by atoms with Crippen LogP contribution in [0.1, 0.15) is 23.7 Å². The molecule has 1 aromatic carbocycles. The summed E-state index contributed by atoms with van der Waals surface area (Å²) in [5, 5.41) is 3.87. The second-order valence-corrected chi connectivity index (χ2v) is 5.09. The van der Waals surface area contributed by atoms with Gasteiger partial charge in [0, 0.05) is 36.7 Å². The first-order chi connectivity index (χ1) is 8.04. The Hall–Kier alpha value is -1.03. The molecule has 1 N–H and O–H groups in total. The molecule has 1 atom stereocenters. The van der Waals surface area contributed by atoms with Gasteiger partial charge in [-0.2, -0.15) is 0 Å². The normalized spacial score (nSPS) is 12.0. The number of carbonyl (C=O) groups is 1. The van der Waals surface area contributed by atoms with Gasteiger partial charge in [0.1, 0.15) is 0 Å². The third kappa shape index (κ3) is 4.38. The second kappa shape index (κ2) is 6.64. The lowest BCUT2D eigenvalue weighted by Gasteiger charge is -2.15. The molecule has 1 amide bonds. The Kier molecular flexibility index (Phi) is 5.48. The molecule has 3 nitrogen and oxygen atoms in total. The maximum atomic E-state index is 12.0. The Labute approximate surface area is 111 Å². The summed E-state index contributed by atoms with van der Waals surface area (Å²) < 4.78 is 0. The van der Waals surface area contributed by atoms with E-state index in [-0.39, 0.29) is 11.9 Å². The van der Waals surface area contributed by atoms with Crippen LogP contribution in [0, 0.1) is 0 Å². The van der Waals surface area contributed by atoms with Gasteiger partial charge in [-0.05, 0) is 31.5 Å². The minimum atomic E-state index is -0.0119. The molecule has 0 fully saturated rings. The van der Waals surface area contributed by atoms with Gasteiger partial charge in [0.15, 0.2) is 0 Å². The van der Waals surface area contributed by atoms with E-state index in [2.05, 4.69) is 21.2 Å². The largest absolute Gasteiger partial charge is 0.378 e. The fraction of sp³-hybridized carbons (Fsp3) is 0.462. The Balaban J connectivity index is 2.72. The van der Waals surface area contributed by atoms with Crippen LogP contribution in [0.2, 0.25) is 0 Å². The molecule has 94 valence electrons. The molecular formula is C13H19BrN2O. The third-order valence-electron chi connectivity index (χ3n) is 2.54. The number of hydrogen-bond acceptors (Lipinski definition) is 2. The smallest absolute Gasteiger partial charge is 0.251 e. The molecule has 0 spiro atoms. The van der Waals surface area contributed by atoms with Crippen LogP contribution in [0.25, 0.3) is 0 Å². The maximum absolute atomic E-state index is 12.0. The minimum Gasteiger partial charge on any atom is -0.378 e. The molecule has 17 heavy (non-hydrogen) atoms. The lowest BCUT2D eigenvalue weighted by Crippen LogP contribution is -2.32. The molecule has 0 aliphatic carbocycles. The number of hydrogen-bond donors (Lipinski definition) is 1. The second-order valence-electron chi connectivity index (χ2n) is 4.30. The molecule has 0 radical (unpaired) electrons. The first-order valence-electron chi connectivity index (χ1n) is 5.69. The molecule has 1 unspecified atom stereocenters. The van der Waals surface area contributed by atoms with Crippen LogP contribution in [-0.2, 0) is 0 Å². The van der Waals surface area contributed by atoms with Crippen molar-refractivity contribution in [3.05, 3.63) is 29.8 Å². The van der Waals surface area contributed by atoms with Crippen LogP contribution >= 0.6 is 15.9 Å². The molecule has 0 bridgehead atoms. The van der Waals surface area contributed by atoms with Gasteiger partial charge in [0.25, 0.3) is 5.91 Å². The minimum absolute atomic E-state index is 0.0119. The topological polar surface area (TPSA) is 32.3 Å². The van der Waals surface area contributed by atoms with Crippen molar-refractivity contribution >= 4 is 27.5 Å². The van der Waals surface area contributed by atoms with Crippen LogP contribution < -0.4 is 10.2 Å². The van der Waals surface area contributed by atoms with Crippen molar-refractivity contribution in [2.24, 2.45) is 0 Å². The van der Waals surface area contributed by atoms with Crippen molar-refractivity contribution in [2.45, 2.75) is 19.4 Å². The van der Waals surface area contributed by atoms with Crippen LogP contribution in [0.15, 0.2) is 24.3 Å². The number of alkyl halides is 1. The van der Waals surface area contributed by atoms with Gasteiger partial charge in [0.05, 0.1) is 0 Å². The first kappa shape index (κ1) is 14.0. The fourth-order valence-corrected chi connectivity index (χ4v) is 2.16. The van der Waals surface area contributed by atoms with Crippen molar-refractivity contribution in [3.8, 4) is 0 Å². The van der Waals surface area contributed by atoms with Crippen molar-refractivity contribution in [3.63, 3.8) is 0 Å². The van der Waals surface area contributed by atoms with Gasteiger partial charge < -0.3 is 10.2 Å². The summed E-state index contributed by atoms with van der Waals surface area (Å²) in [5.41, 5.74) is 1.74. The van der Waals surface area contributed by atoms with Crippen molar-refractivity contribution in [1.29, 1.82) is 0 Å². The highest BCUT2D eigenvalue weighted by molar-refractivity contribution is 9.09. The van der Waals surface area contributed by atoms with Gasteiger partial charge in [-0.15, -0.1) is 0 Å². The monoisotopic (exact) mass is 298 g/mol. The van der Waals surface area contributed by atoms with Gasteiger partial charge >= 0.3 is 0 Å². The summed E-state index contributed by atoms with van der Waals surface area (Å²) in [6, 6.07) is 7.81. The van der Waals surface area contributed by atoms with Gasteiger partial charge in [-0.25, -0.2) is 0 Å². The van der Waals surface area contributed by atoms with Gasteiger partial charge in [0.2, 0.25) is 0 Å². The highest BCUT2D eigenvalue weighted by Gasteiger charge is 2.09. The van der Waals surface area contributed by atoms with Crippen LogP contribution in [0.5, 0.6) is 0 Å². The number of nitrogens with zero attached hydrogens (tertiary/aromatic N) is 1. The maximum Gasteiger partial charge on any atom is 0.251 e. The highest BCUT2D eigenvalue weighted by atomic mass is 79.9. The number of amides is 1. The molecule has 0 aromatic heterocycles.